The average molecular weight is 177 g/mol. The van der Waals surface area contributed by atoms with E-state index in [4.69, 9.17) is 4.74 Å². The maximum Gasteiger partial charge on any atom is 0.119 e. The van der Waals surface area contributed by atoms with Crippen LogP contribution in [0.4, 0.5) is 5.69 Å². The zero-order chi connectivity index (χ0) is 9.10. The molecule has 1 N–H and O–H groups in total. The molecule has 0 amide bonds. The highest BCUT2D eigenvalue weighted by molar-refractivity contribution is 5.46. The van der Waals surface area contributed by atoms with Crippen molar-refractivity contribution in [1.29, 1.82) is 0 Å². The second-order valence-electron chi connectivity index (χ2n) is 3.37. The van der Waals surface area contributed by atoms with Gasteiger partial charge in [0.15, 0.2) is 0 Å². The molecule has 13 heavy (non-hydrogen) atoms. The molecular formula is C11H15NO. The minimum Gasteiger partial charge on any atom is -0.490 e. The Balaban J connectivity index is 1.95. The van der Waals surface area contributed by atoms with Gasteiger partial charge in [0.2, 0.25) is 0 Å². The summed E-state index contributed by atoms with van der Waals surface area (Å²) in [7, 11) is 0. The van der Waals surface area contributed by atoms with E-state index < -0.39 is 0 Å². The van der Waals surface area contributed by atoms with Crippen molar-refractivity contribution in [2.24, 2.45) is 0 Å². The van der Waals surface area contributed by atoms with E-state index in [2.05, 4.69) is 24.4 Å². The Kier molecular flexibility index (Phi) is 2.39. The molecule has 0 unspecified atom stereocenters. The summed E-state index contributed by atoms with van der Waals surface area (Å²) in [6.45, 7) is 3.05. The van der Waals surface area contributed by atoms with Gasteiger partial charge in [0.1, 0.15) is 5.75 Å². The number of rotatable bonds is 4. The van der Waals surface area contributed by atoms with E-state index >= 15 is 0 Å². The zero-order valence-corrected chi connectivity index (χ0v) is 7.92. The first-order valence-electron chi connectivity index (χ1n) is 4.89. The van der Waals surface area contributed by atoms with Crippen molar-refractivity contribution >= 4 is 5.69 Å². The second-order valence-corrected chi connectivity index (χ2v) is 3.37. The molecule has 2 rings (SSSR count). The van der Waals surface area contributed by atoms with Crippen molar-refractivity contribution in [3.63, 3.8) is 0 Å². The Hall–Kier alpha value is -1.18. The summed E-state index contributed by atoms with van der Waals surface area (Å²) in [5, 5.41) is 3.25. The summed E-state index contributed by atoms with van der Waals surface area (Å²) in [4.78, 5) is 0. The summed E-state index contributed by atoms with van der Waals surface area (Å²) >= 11 is 0. The van der Waals surface area contributed by atoms with E-state index in [1.54, 1.807) is 0 Å². The van der Waals surface area contributed by atoms with E-state index in [9.17, 15) is 0 Å². The third kappa shape index (κ3) is 2.38. The molecule has 1 aromatic carbocycles. The van der Waals surface area contributed by atoms with Crippen LogP contribution in [-0.4, -0.2) is 12.6 Å². The van der Waals surface area contributed by atoms with Crippen LogP contribution in [0.1, 0.15) is 19.8 Å². The SMILES string of the molecule is CCNc1ccc(OC2CC2)cc1. The van der Waals surface area contributed by atoms with Crippen LogP contribution < -0.4 is 10.1 Å². The van der Waals surface area contributed by atoms with Crippen LogP contribution >= 0.6 is 0 Å². The Morgan fingerprint density at radius 2 is 2.00 bits per heavy atom. The summed E-state index contributed by atoms with van der Waals surface area (Å²) in [5.41, 5.74) is 1.16. The lowest BCUT2D eigenvalue weighted by Crippen LogP contribution is -1.98. The van der Waals surface area contributed by atoms with Gasteiger partial charge in [-0.25, -0.2) is 0 Å². The first kappa shape index (κ1) is 8.42. The van der Waals surface area contributed by atoms with Gasteiger partial charge in [0, 0.05) is 12.2 Å². The Morgan fingerprint density at radius 1 is 1.31 bits per heavy atom. The molecule has 0 aliphatic heterocycles. The fourth-order valence-corrected chi connectivity index (χ4v) is 1.23. The molecule has 70 valence electrons. The quantitative estimate of drug-likeness (QED) is 0.763. The molecule has 1 saturated carbocycles. The van der Waals surface area contributed by atoms with E-state index in [0.29, 0.717) is 6.10 Å². The van der Waals surface area contributed by atoms with E-state index in [-0.39, 0.29) is 0 Å². The average Bonchev–Trinajstić information content (AvgIpc) is 2.93. The number of hydrogen-bond acceptors (Lipinski definition) is 2. The molecule has 0 saturated heterocycles. The van der Waals surface area contributed by atoms with E-state index in [1.165, 1.54) is 12.8 Å². The third-order valence-electron chi connectivity index (χ3n) is 2.06. The Labute approximate surface area is 78.9 Å². The molecule has 0 bridgehead atoms. The monoisotopic (exact) mass is 177 g/mol. The number of hydrogen-bond donors (Lipinski definition) is 1. The molecule has 0 atom stereocenters. The fraction of sp³-hybridized carbons (Fsp3) is 0.455. The predicted octanol–water partition coefficient (Wildman–Crippen LogP) is 2.66. The largest absolute Gasteiger partial charge is 0.490 e. The summed E-state index contributed by atoms with van der Waals surface area (Å²) in [6, 6.07) is 8.16. The predicted molar refractivity (Wildman–Crippen MR) is 54.3 cm³/mol. The molecule has 0 aromatic heterocycles. The summed E-state index contributed by atoms with van der Waals surface area (Å²) in [6.07, 6.45) is 2.93. The summed E-state index contributed by atoms with van der Waals surface area (Å²) < 4.78 is 5.63. The standard InChI is InChI=1S/C11H15NO/c1-2-12-9-3-5-10(6-4-9)13-11-7-8-11/h3-6,11-12H,2,7-8H2,1H3. The number of nitrogens with one attached hydrogen (secondary N) is 1. The van der Waals surface area contributed by atoms with Crippen molar-refractivity contribution in [1.82, 2.24) is 0 Å². The van der Waals surface area contributed by atoms with Gasteiger partial charge in [-0.1, -0.05) is 0 Å². The van der Waals surface area contributed by atoms with E-state index in [0.717, 1.165) is 18.0 Å². The van der Waals surface area contributed by atoms with Gasteiger partial charge < -0.3 is 10.1 Å². The molecule has 1 aromatic rings. The number of ether oxygens (including phenoxy) is 1. The van der Waals surface area contributed by atoms with Gasteiger partial charge in [-0.05, 0) is 44.0 Å². The van der Waals surface area contributed by atoms with Crippen molar-refractivity contribution in [3.05, 3.63) is 24.3 Å². The maximum absolute atomic E-state index is 5.63. The lowest BCUT2D eigenvalue weighted by molar-refractivity contribution is 0.303. The lowest BCUT2D eigenvalue weighted by atomic mass is 10.3. The zero-order valence-electron chi connectivity index (χ0n) is 7.92. The minimum absolute atomic E-state index is 0.491. The van der Waals surface area contributed by atoms with Crippen LogP contribution in [0.2, 0.25) is 0 Å². The summed E-state index contributed by atoms with van der Waals surface area (Å²) in [5.74, 6) is 0.990. The molecule has 0 spiro atoms. The Morgan fingerprint density at radius 3 is 2.54 bits per heavy atom. The molecule has 0 radical (unpaired) electrons. The third-order valence-corrected chi connectivity index (χ3v) is 2.06. The molecular weight excluding hydrogens is 162 g/mol. The van der Waals surface area contributed by atoms with E-state index in [1.807, 2.05) is 12.1 Å². The van der Waals surface area contributed by atoms with Crippen LogP contribution in [0.15, 0.2) is 24.3 Å². The van der Waals surface area contributed by atoms with Crippen molar-refractivity contribution in [3.8, 4) is 5.75 Å². The first-order chi connectivity index (χ1) is 6.38. The van der Waals surface area contributed by atoms with Crippen LogP contribution in [-0.2, 0) is 0 Å². The number of benzene rings is 1. The van der Waals surface area contributed by atoms with Gasteiger partial charge >= 0.3 is 0 Å². The molecule has 1 aliphatic rings. The highest BCUT2D eigenvalue weighted by Gasteiger charge is 2.23. The molecule has 2 heteroatoms. The van der Waals surface area contributed by atoms with Crippen molar-refractivity contribution in [2.75, 3.05) is 11.9 Å². The van der Waals surface area contributed by atoms with Crippen LogP contribution in [0.3, 0.4) is 0 Å². The van der Waals surface area contributed by atoms with Crippen LogP contribution in [0.25, 0.3) is 0 Å². The van der Waals surface area contributed by atoms with Crippen molar-refractivity contribution < 1.29 is 4.74 Å². The van der Waals surface area contributed by atoms with Crippen LogP contribution in [0.5, 0.6) is 5.75 Å². The first-order valence-corrected chi connectivity index (χ1v) is 4.89. The van der Waals surface area contributed by atoms with Gasteiger partial charge in [-0.3, -0.25) is 0 Å². The maximum atomic E-state index is 5.63. The Bertz CT molecular complexity index is 264. The normalized spacial score (nSPS) is 15.5. The molecule has 1 aliphatic carbocycles. The molecule has 0 heterocycles. The highest BCUT2D eigenvalue weighted by atomic mass is 16.5. The fourth-order valence-electron chi connectivity index (χ4n) is 1.23. The van der Waals surface area contributed by atoms with Gasteiger partial charge in [-0.2, -0.15) is 0 Å². The van der Waals surface area contributed by atoms with Crippen LogP contribution in [0, 0.1) is 0 Å². The van der Waals surface area contributed by atoms with Gasteiger partial charge in [-0.15, -0.1) is 0 Å². The molecule has 2 nitrogen and oxygen atoms in total. The van der Waals surface area contributed by atoms with Crippen molar-refractivity contribution in [2.45, 2.75) is 25.9 Å². The topological polar surface area (TPSA) is 21.3 Å². The van der Waals surface area contributed by atoms with Gasteiger partial charge in [0.05, 0.1) is 6.10 Å². The smallest absolute Gasteiger partial charge is 0.119 e. The highest BCUT2D eigenvalue weighted by Crippen LogP contribution is 2.27. The molecule has 1 fully saturated rings. The number of anilines is 1. The lowest BCUT2D eigenvalue weighted by Gasteiger charge is -2.06. The minimum atomic E-state index is 0.491. The second kappa shape index (κ2) is 3.69. The van der Waals surface area contributed by atoms with Gasteiger partial charge in [0.25, 0.3) is 0 Å².